The Morgan fingerprint density at radius 2 is 2.10 bits per heavy atom. The van der Waals surface area contributed by atoms with Crippen LogP contribution < -0.4 is 16.0 Å². The number of aliphatic hydroxyl groups is 1. The van der Waals surface area contributed by atoms with Gasteiger partial charge in [-0.2, -0.15) is 0 Å². The van der Waals surface area contributed by atoms with Gasteiger partial charge < -0.3 is 21.1 Å². The Morgan fingerprint density at radius 3 is 2.80 bits per heavy atom. The molecule has 1 amide bonds. The van der Waals surface area contributed by atoms with Gasteiger partial charge in [0.1, 0.15) is 11.5 Å². The molecule has 2 aliphatic heterocycles. The molecule has 0 aliphatic carbocycles. The van der Waals surface area contributed by atoms with Crippen molar-refractivity contribution in [2.75, 3.05) is 29.1 Å². The molecule has 0 radical (unpaired) electrons. The Bertz CT molecular complexity index is 943. The van der Waals surface area contributed by atoms with E-state index in [4.69, 9.17) is 5.73 Å². The number of carbonyl (C=O) groups is 1. The van der Waals surface area contributed by atoms with Gasteiger partial charge in [0.2, 0.25) is 0 Å². The fraction of sp³-hybridized carbons (Fsp3) is 0.429. The zero-order valence-electron chi connectivity index (χ0n) is 16.9. The van der Waals surface area contributed by atoms with E-state index in [2.05, 4.69) is 32.1 Å². The van der Waals surface area contributed by atoms with Crippen molar-refractivity contribution in [3.8, 4) is 0 Å². The standard InChI is InChI=1S/C21H26N6O2S/c1-21(7-10-30-20(22)26-21)14-3-2-4-15(11-14)25-19(29)17-12-24-18(13-23-17)27-8-5-16(28)6-9-27/h2-4,11-13,16,28H,5-10H2,1H3,(H2,22,26)(H,25,29). The third kappa shape index (κ3) is 4.57. The van der Waals surface area contributed by atoms with Crippen LogP contribution in [0, 0.1) is 0 Å². The lowest BCUT2D eigenvalue weighted by molar-refractivity contribution is 0.102. The van der Waals surface area contributed by atoms with Gasteiger partial charge >= 0.3 is 0 Å². The molecule has 9 heteroatoms. The molecular weight excluding hydrogens is 400 g/mol. The van der Waals surface area contributed by atoms with Gasteiger partial charge in [-0.05, 0) is 43.9 Å². The molecule has 1 aromatic carbocycles. The van der Waals surface area contributed by atoms with E-state index in [-0.39, 0.29) is 23.2 Å². The van der Waals surface area contributed by atoms with Crippen molar-refractivity contribution in [3.63, 3.8) is 0 Å². The summed E-state index contributed by atoms with van der Waals surface area (Å²) >= 11 is 1.57. The van der Waals surface area contributed by atoms with Crippen LogP contribution in [-0.4, -0.2) is 51.1 Å². The van der Waals surface area contributed by atoms with E-state index in [1.54, 1.807) is 18.0 Å². The molecule has 1 saturated heterocycles. The number of hydrogen-bond acceptors (Lipinski definition) is 8. The number of nitrogens with two attached hydrogens (primary N) is 1. The Hall–Kier alpha value is -2.65. The molecule has 0 bridgehead atoms. The van der Waals surface area contributed by atoms with E-state index < -0.39 is 0 Å². The second kappa shape index (κ2) is 8.61. The number of piperidine rings is 1. The number of benzene rings is 1. The summed E-state index contributed by atoms with van der Waals surface area (Å²) in [5.74, 6) is 1.33. The largest absolute Gasteiger partial charge is 0.393 e. The zero-order valence-corrected chi connectivity index (χ0v) is 17.7. The molecule has 1 atom stereocenters. The predicted molar refractivity (Wildman–Crippen MR) is 120 cm³/mol. The lowest BCUT2D eigenvalue weighted by Crippen LogP contribution is -2.36. The molecule has 2 aromatic rings. The first-order valence-corrected chi connectivity index (χ1v) is 11.1. The minimum Gasteiger partial charge on any atom is -0.393 e. The monoisotopic (exact) mass is 426 g/mol. The van der Waals surface area contributed by atoms with E-state index in [9.17, 15) is 9.90 Å². The quantitative estimate of drug-likeness (QED) is 0.687. The Balaban J connectivity index is 1.45. The average molecular weight is 427 g/mol. The Morgan fingerprint density at radius 1 is 1.30 bits per heavy atom. The van der Waals surface area contributed by atoms with Crippen LogP contribution in [0.15, 0.2) is 41.7 Å². The summed E-state index contributed by atoms with van der Waals surface area (Å²) in [6, 6.07) is 7.69. The number of thioether (sulfide) groups is 1. The third-order valence-corrected chi connectivity index (χ3v) is 6.39. The molecule has 2 aliphatic rings. The number of rotatable bonds is 4. The maximum absolute atomic E-state index is 12.7. The van der Waals surface area contributed by atoms with Gasteiger partial charge in [0.25, 0.3) is 5.91 Å². The molecule has 1 unspecified atom stereocenters. The highest BCUT2D eigenvalue weighted by molar-refractivity contribution is 8.13. The summed E-state index contributed by atoms with van der Waals surface area (Å²) in [5.41, 5.74) is 7.48. The van der Waals surface area contributed by atoms with E-state index in [1.807, 2.05) is 24.3 Å². The number of nitrogens with zero attached hydrogens (tertiary/aromatic N) is 4. The molecule has 4 N–H and O–H groups in total. The van der Waals surface area contributed by atoms with Crippen molar-refractivity contribution in [2.24, 2.45) is 10.7 Å². The van der Waals surface area contributed by atoms with Gasteiger partial charge in [-0.1, -0.05) is 23.9 Å². The van der Waals surface area contributed by atoms with Crippen LogP contribution in [-0.2, 0) is 5.54 Å². The van der Waals surface area contributed by atoms with Gasteiger partial charge in [0.15, 0.2) is 5.17 Å². The normalized spacial score (nSPS) is 22.5. The predicted octanol–water partition coefficient (Wildman–Crippen LogP) is 2.36. The van der Waals surface area contributed by atoms with Gasteiger partial charge in [0.05, 0.1) is 24.0 Å². The molecule has 1 fully saturated rings. The first-order chi connectivity index (χ1) is 14.4. The topological polar surface area (TPSA) is 117 Å². The molecule has 3 heterocycles. The number of carbonyl (C=O) groups excluding carboxylic acids is 1. The lowest BCUT2D eigenvalue weighted by atomic mass is 9.89. The van der Waals surface area contributed by atoms with Crippen LogP contribution >= 0.6 is 11.8 Å². The molecule has 0 saturated carbocycles. The zero-order chi connectivity index (χ0) is 21.1. The van der Waals surface area contributed by atoms with Crippen LogP contribution in [0.25, 0.3) is 0 Å². The maximum atomic E-state index is 12.7. The van der Waals surface area contributed by atoms with Crippen molar-refractivity contribution in [1.29, 1.82) is 0 Å². The summed E-state index contributed by atoms with van der Waals surface area (Å²) in [7, 11) is 0. The van der Waals surface area contributed by atoms with E-state index in [0.29, 0.717) is 23.7 Å². The van der Waals surface area contributed by atoms with Gasteiger partial charge in [-0.15, -0.1) is 0 Å². The first-order valence-electron chi connectivity index (χ1n) is 10.1. The first kappa shape index (κ1) is 20.6. The number of aliphatic imine (C=N–C) groups is 1. The molecular formula is C21H26N6O2S. The number of aliphatic hydroxyl groups excluding tert-OH is 1. The number of anilines is 2. The minimum atomic E-state index is -0.389. The van der Waals surface area contributed by atoms with Crippen molar-refractivity contribution in [3.05, 3.63) is 47.9 Å². The molecule has 1 aromatic heterocycles. The fourth-order valence-corrected chi connectivity index (χ4v) is 4.69. The third-order valence-electron chi connectivity index (χ3n) is 5.60. The SMILES string of the molecule is CC1(c2cccc(NC(=O)c3cnc(N4CCC(O)CC4)cn3)c2)CCSC(N)=N1. The van der Waals surface area contributed by atoms with Gasteiger partial charge in [-0.3, -0.25) is 9.79 Å². The minimum absolute atomic E-state index is 0.244. The van der Waals surface area contributed by atoms with Gasteiger partial charge in [-0.25, -0.2) is 9.97 Å². The van der Waals surface area contributed by atoms with Crippen molar-refractivity contribution >= 4 is 34.3 Å². The summed E-state index contributed by atoms with van der Waals surface area (Å²) < 4.78 is 0. The molecule has 30 heavy (non-hydrogen) atoms. The van der Waals surface area contributed by atoms with Crippen molar-refractivity contribution in [2.45, 2.75) is 37.8 Å². The lowest BCUT2D eigenvalue weighted by Gasteiger charge is -2.30. The van der Waals surface area contributed by atoms with E-state index in [0.717, 1.165) is 36.6 Å². The molecule has 8 nitrogen and oxygen atoms in total. The highest BCUT2D eigenvalue weighted by Crippen LogP contribution is 2.35. The van der Waals surface area contributed by atoms with Crippen LogP contribution in [0.3, 0.4) is 0 Å². The molecule has 0 spiro atoms. The second-order valence-electron chi connectivity index (χ2n) is 7.84. The number of hydrogen-bond donors (Lipinski definition) is 3. The van der Waals surface area contributed by atoms with Crippen LogP contribution in [0.2, 0.25) is 0 Å². The van der Waals surface area contributed by atoms with Gasteiger partial charge in [0, 0.05) is 24.5 Å². The maximum Gasteiger partial charge on any atom is 0.275 e. The summed E-state index contributed by atoms with van der Waals surface area (Å²) in [5, 5.41) is 13.1. The van der Waals surface area contributed by atoms with E-state index in [1.165, 1.54) is 6.20 Å². The highest BCUT2D eigenvalue weighted by Gasteiger charge is 2.29. The van der Waals surface area contributed by atoms with Crippen LogP contribution in [0.5, 0.6) is 0 Å². The van der Waals surface area contributed by atoms with Crippen molar-refractivity contribution < 1.29 is 9.90 Å². The summed E-state index contributed by atoms with van der Waals surface area (Å²) in [4.78, 5) is 28.0. The van der Waals surface area contributed by atoms with Crippen molar-refractivity contribution in [1.82, 2.24) is 9.97 Å². The number of amides is 1. The number of nitrogens with one attached hydrogen (secondary N) is 1. The summed E-state index contributed by atoms with van der Waals surface area (Å²) in [6.07, 6.45) is 5.18. The average Bonchev–Trinajstić information content (AvgIpc) is 2.74. The van der Waals surface area contributed by atoms with Crippen LogP contribution in [0.4, 0.5) is 11.5 Å². The second-order valence-corrected chi connectivity index (χ2v) is 8.95. The number of amidine groups is 1. The fourth-order valence-electron chi connectivity index (χ4n) is 3.72. The van der Waals surface area contributed by atoms with Crippen LogP contribution in [0.1, 0.15) is 42.2 Å². The molecule has 4 rings (SSSR count). The molecule has 158 valence electrons. The highest BCUT2D eigenvalue weighted by atomic mass is 32.2. The van der Waals surface area contributed by atoms with E-state index >= 15 is 0 Å². The Labute approximate surface area is 180 Å². The Kier molecular flexibility index (Phi) is 5.92. The summed E-state index contributed by atoms with van der Waals surface area (Å²) in [6.45, 7) is 3.53. The number of aromatic nitrogens is 2. The smallest absolute Gasteiger partial charge is 0.275 e.